The molecule has 0 aliphatic carbocycles. The van der Waals surface area contributed by atoms with Crippen molar-refractivity contribution in [2.24, 2.45) is 0 Å². The zero-order valence-corrected chi connectivity index (χ0v) is 13.0. The predicted octanol–water partition coefficient (Wildman–Crippen LogP) is 3.66. The molecule has 0 aromatic heterocycles. The number of anilines is 1. The van der Waals surface area contributed by atoms with Crippen LogP contribution in [-0.4, -0.2) is 19.5 Å². The van der Waals surface area contributed by atoms with Crippen molar-refractivity contribution in [1.82, 2.24) is 5.32 Å². The molecular formula is C17H19ClN2O. The van der Waals surface area contributed by atoms with Crippen LogP contribution in [0.3, 0.4) is 0 Å². The standard InChI is InChI=1S/C17H19ClN2O/c1-12-7-8-14(18)11-16(12)20-17(21)15-6-4-3-5-13(15)9-10-19-2/h3-8,11,19H,9-10H2,1-2H3,(H,20,21). The number of halogens is 1. The summed E-state index contributed by atoms with van der Waals surface area (Å²) in [6.45, 7) is 2.78. The summed E-state index contributed by atoms with van der Waals surface area (Å²) in [7, 11) is 1.90. The lowest BCUT2D eigenvalue weighted by molar-refractivity contribution is 0.102. The van der Waals surface area contributed by atoms with E-state index in [1.807, 2.05) is 50.4 Å². The molecule has 0 saturated carbocycles. The molecule has 0 heterocycles. The van der Waals surface area contributed by atoms with E-state index in [4.69, 9.17) is 11.6 Å². The SMILES string of the molecule is CNCCc1ccccc1C(=O)Nc1cc(Cl)ccc1C. The molecule has 0 aliphatic rings. The van der Waals surface area contributed by atoms with Crippen LogP contribution in [0.15, 0.2) is 42.5 Å². The van der Waals surface area contributed by atoms with Crippen molar-refractivity contribution in [3.8, 4) is 0 Å². The number of carbonyl (C=O) groups excluding carboxylic acids is 1. The second kappa shape index (κ2) is 7.25. The van der Waals surface area contributed by atoms with E-state index in [1.54, 1.807) is 6.07 Å². The maximum atomic E-state index is 12.5. The fourth-order valence-corrected chi connectivity index (χ4v) is 2.31. The molecule has 0 fully saturated rings. The van der Waals surface area contributed by atoms with Crippen LogP contribution in [0.1, 0.15) is 21.5 Å². The molecule has 0 spiro atoms. The summed E-state index contributed by atoms with van der Waals surface area (Å²) in [5, 5.41) is 6.65. The predicted molar refractivity (Wildman–Crippen MR) is 88.2 cm³/mol. The number of hydrogen-bond donors (Lipinski definition) is 2. The number of rotatable bonds is 5. The molecule has 0 bridgehead atoms. The van der Waals surface area contributed by atoms with E-state index in [0.717, 1.165) is 29.8 Å². The molecule has 2 N–H and O–H groups in total. The van der Waals surface area contributed by atoms with Gasteiger partial charge in [0.25, 0.3) is 5.91 Å². The third-order valence-electron chi connectivity index (χ3n) is 3.35. The molecule has 110 valence electrons. The maximum Gasteiger partial charge on any atom is 0.255 e. The molecule has 0 unspecified atom stereocenters. The van der Waals surface area contributed by atoms with Gasteiger partial charge in [0, 0.05) is 16.3 Å². The molecule has 3 nitrogen and oxygen atoms in total. The number of nitrogens with one attached hydrogen (secondary N) is 2. The van der Waals surface area contributed by atoms with Crippen LogP contribution in [-0.2, 0) is 6.42 Å². The molecule has 1 amide bonds. The zero-order valence-electron chi connectivity index (χ0n) is 12.2. The third-order valence-corrected chi connectivity index (χ3v) is 3.59. The number of hydrogen-bond acceptors (Lipinski definition) is 2. The summed E-state index contributed by atoms with van der Waals surface area (Å²) >= 11 is 5.99. The van der Waals surface area contributed by atoms with Crippen molar-refractivity contribution < 1.29 is 4.79 Å². The summed E-state index contributed by atoms with van der Waals surface area (Å²) < 4.78 is 0. The second-order valence-electron chi connectivity index (χ2n) is 4.92. The summed E-state index contributed by atoms with van der Waals surface area (Å²) in [6, 6.07) is 13.1. The summed E-state index contributed by atoms with van der Waals surface area (Å²) in [5.41, 5.74) is 3.47. The summed E-state index contributed by atoms with van der Waals surface area (Å²) in [6.07, 6.45) is 0.814. The van der Waals surface area contributed by atoms with Gasteiger partial charge in [-0.2, -0.15) is 0 Å². The molecule has 2 rings (SSSR count). The van der Waals surface area contributed by atoms with Crippen LogP contribution in [0.5, 0.6) is 0 Å². The Morgan fingerprint density at radius 2 is 1.95 bits per heavy atom. The molecular weight excluding hydrogens is 284 g/mol. The smallest absolute Gasteiger partial charge is 0.255 e. The Balaban J connectivity index is 2.22. The third kappa shape index (κ3) is 4.06. The molecule has 0 atom stereocenters. The first-order valence-corrected chi connectivity index (χ1v) is 7.29. The molecule has 21 heavy (non-hydrogen) atoms. The minimum atomic E-state index is -0.105. The highest BCUT2D eigenvalue weighted by Gasteiger charge is 2.12. The fourth-order valence-electron chi connectivity index (χ4n) is 2.14. The first-order valence-electron chi connectivity index (χ1n) is 6.92. The number of aryl methyl sites for hydroxylation is 1. The van der Waals surface area contributed by atoms with Crippen molar-refractivity contribution in [3.63, 3.8) is 0 Å². The average Bonchev–Trinajstić information content (AvgIpc) is 2.49. The highest BCUT2D eigenvalue weighted by molar-refractivity contribution is 6.31. The van der Waals surface area contributed by atoms with Gasteiger partial charge in [-0.05, 0) is 56.3 Å². The number of amides is 1. The Morgan fingerprint density at radius 1 is 1.19 bits per heavy atom. The van der Waals surface area contributed by atoms with Crippen molar-refractivity contribution in [2.75, 3.05) is 18.9 Å². The van der Waals surface area contributed by atoms with Crippen molar-refractivity contribution in [3.05, 3.63) is 64.2 Å². The van der Waals surface area contributed by atoms with Crippen LogP contribution in [0.4, 0.5) is 5.69 Å². The van der Waals surface area contributed by atoms with E-state index in [0.29, 0.717) is 10.6 Å². The van der Waals surface area contributed by atoms with E-state index < -0.39 is 0 Å². The van der Waals surface area contributed by atoms with Crippen molar-refractivity contribution in [1.29, 1.82) is 0 Å². The van der Waals surface area contributed by atoms with Crippen LogP contribution in [0.25, 0.3) is 0 Å². The molecule has 4 heteroatoms. The van der Waals surface area contributed by atoms with Gasteiger partial charge < -0.3 is 10.6 Å². The van der Waals surface area contributed by atoms with Crippen molar-refractivity contribution >= 4 is 23.2 Å². The Bertz CT molecular complexity index is 640. The fraction of sp³-hybridized carbons (Fsp3) is 0.235. The van der Waals surface area contributed by atoms with E-state index >= 15 is 0 Å². The first kappa shape index (κ1) is 15.5. The van der Waals surface area contributed by atoms with Crippen molar-refractivity contribution in [2.45, 2.75) is 13.3 Å². The van der Waals surface area contributed by atoms with Gasteiger partial charge in [0.15, 0.2) is 0 Å². The first-order chi connectivity index (χ1) is 10.1. The largest absolute Gasteiger partial charge is 0.322 e. The van der Waals surface area contributed by atoms with Gasteiger partial charge in [0.1, 0.15) is 0 Å². The highest BCUT2D eigenvalue weighted by atomic mass is 35.5. The Hall–Kier alpha value is -1.84. The number of likely N-dealkylation sites (N-methyl/N-ethyl adjacent to an activating group) is 1. The molecule has 2 aromatic rings. The number of carbonyl (C=O) groups is 1. The second-order valence-corrected chi connectivity index (χ2v) is 5.36. The molecule has 0 aliphatic heterocycles. The van der Waals surface area contributed by atoms with E-state index in [2.05, 4.69) is 10.6 Å². The van der Waals surface area contributed by atoms with Gasteiger partial charge in [-0.1, -0.05) is 35.9 Å². The van der Waals surface area contributed by atoms with Gasteiger partial charge in [-0.15, -0.1) is 0 Å². The van der Waals surface area contributed by atoms with Gasteiger partial charge in [-0.3, -0.25) is 4.79 Å². The molecule has 0 radical (unpaired) electrons. The highest BCUT2D eigenvalue weighted by Crippen LogP contribution is 2.21. The van der Waals surface area contributed by atoms with E-state index in [1.165, 1.54) is 0 Å². The average molecular weight is 303 g/mol. The quantitative estimate of drug-likeness (QED) is 0.885. The van der Waals surface area contributed by atoms with E-state index in [-0.39, 0.29) is 5.91 Å². The van der Waals surface area contributed by atoms with Gasteiger partial charge in [0.2, 0.25) is 0 Å². The minimum Gasteiger partial charge on any atom is -0.322 e. The maximum absolute atomic E-state index is 12.5. The lowest BCUT2D eigenvalue weighted by atomic mass is 10.0. The lowest BCUT2D eigenvalue weighted by Gasteiger charge is -2.12. The van der Waals surface area contributed by atoms with Crippen LogP contribution in [0.2, 0.25) is 5.02 Å². The Kier molecular flexibility index (Phi) is 5.37. The van der Waals surface area contributed by atoms with Crippen LogP contribution in [0, 0.1) is 6.92 Å². The topological polar surface area (TPSA) is 41.1 Å². The number of benzene rings is 2. The van der Waals surface area contributed by atoms with E-state index in [9.17, 15) is 4.79 Å². The van der Waals surface area contributed by atoms with Gasteiger partial charge >= 0.3 is 0 Å². The lowest BCUT2D eigenvalue weighted by Crippen LogP contribution is -2.17. The summed E-state index contributed by atoms with van der Waals surface area (Å²) in [5.74, 6) is -0.105. The van der Waals surface area contributed by atoms with Crippen LogP contribution >= 0.6 is 11.6 Å². The molecule has 0 saturated heterocycles. The zero-order chi connectivity index (χ0) is 15.2. The Morgan fingerprint density at radius 3 is 2.71 bits per heavy atom. The molecule has 2 aromatic carbocycles. The van der Waals surface area contributed by atoms with Gasteiger partial charge in [-0.25, -0.2) is 0 Å². The van der Waals surface area contributed by atoms with Crippen LogP contribution < -0.4 is 10.6 Å². The Labute approximate surface area is 130 Å². The minimum absolute atomic E-state index is 0.105. The van der Waals surface area contributed by atoms with Gasteiger partial charge in [0.05, 0.1) is 0 Å². The summed E-state index contributed by atoms with van der Waals surface area (Å²) in [4.78, 5) is 12.5. The normalized spacial score (nSPS) is 10.4. The monoisotopic (exact) mass is 302 g/mol.